The summed E-state index contributed by atoms with van der Waals surface area (Å²) < 4.78 is 0. The third kappa shape index (κ3) is 5.37. The molecular weight excluding hydrogens is 380 g/mol. The van der Waals surface area contributed by atoms with Crippen molar-refractivity contribution in [3.05, 3.63) is 46.4 Å². The molecule has 0 spiro atoms. The second-order valence-electron chi connectivity index (χ2n) is 8.40. The first-order valence-corrected chi connectivity index (χ1v) is 11.8. The van der Waals surface area contributed by atoms with E-state index in [0.29, 0.717) is 5.92 Å². The fourth-order valence-corrected chi connectivity index (χ4v) is 5.50. The van der Waals surface area contributed by atoms with E-state index in [1.54, 1.807) is 18.3 Å². The van der Waals surface area contributed by atoms with Crippen LogP contribution in [0, 0.1) is 5.92 Å². The molecule has 29 heavy (non-hydrogen) atoms. The van der Waals surface area contributed by atoms with E-state index in [0.717, 1.165) is 37.5 Å². The van der Waals surface area contributed by atoms with Gasteiger partial charge in [-0.25, -0.2) is 4.98 Å². The van der Waals surface area contributed by atoms with Crippen LogP contribution in [0.5, 0.6) is 0 Å². The SMILES string of the molecule is CC(=O)NC(c1nccs1)C1CCCN(Cc2ccc(N3CCCCC3)cc2)C1. The van der Waals surface area contributed by atoms with Gasteiger partial charge in [0.1, 0.15) is 5.01 Å². The maximum Gasteiger partial charge on any atom is 0.217 e. The molecule has 1 aromatic carbocycles. The van der Waals surface area contributed by atoms with Gasteiger partial charge in [0.15, 0.2) is 0 Å². The summed E-state index contributed by atoms with van der Waals surface area (Å²) >= 11 is 1.64. The highest BCUT2D eigenvalue weighted by atomic mass is 32.1. The molecule has 1 amide bonds. The highest BCUT2D eigenvalue weighted by molar-refractivity contribution is 7.09. The monoisotopic (exact) mass is 412 g/mol. The molecule has 2 aliphatic heterocycles. The maximum absolute atomic E-state index is 11.8. The molecule has 156 valence electrons. The molecule has 5 nitrogen and oxygen atoms in total. The van der Waals surface area contributed by atoms with E-state index in [-0.39, 0.29) is 11.9 Å². The quantitative estimate of drug-likeness (QED) is 0.772. The van der Waals surface area contributed by atoms with Crippen LogP contribution in [0.25, 0.3) is 0 Å². The van der Waals surface area contributed by atoms with Crippen molar-refractivity contribution in [1.29, 1.82) is 0 Å². The Kier molecular flexibility index (Phi) is 6.82. The molecule has 2 atom stereocenters. The summed E-state index contributed by atoms with van der Waals surface area (Å²) in [6, 6.07) is 9.19. The molecule has 3 heterocycles. The number of nitrogens with one attached hydrogen (secondary N) is 1. The Balaban J connectivity index is 1.38. The highest BCUT2D eigenvalue weighted by Gasteiger charge is 2.30. The summed E-state index contributed by atoms with van der Waals surface area (Å²) in [5, 5.41) is 6.18. The molecule has 0 saturated carbocycles. The lowest BCUT2D eigenvalue weighted by Gasteiger charge is -2.36. The van der Waals surface area contributed by atoms with Gasteiger partial charge >= 0.3 is 0 Å². The first kappa shape index (κ1) is 20.4. The molecule has 1 N–H and O–H groups in total. The van der Waals surface area contributed by atoms with Crippen molar-refractivity contribution in [2.75, 3.05) is 31.1 Å². The van der Waals surface area contributed by atoms with Crippen LogP contribution in [0.2, 0.25) is 0 Å². The molecule has 2 fully saturated rings. The lowest BCUT2D eigenvalue weighted by Crippen LogP contribution is -2.42. The Bertz CT molecular complexity index is 771. The molecule has 4 rings (SSSR count). The van der Waals surface area contributed by atoms with Gasteiger partial charge in [0.2, 0.25) is 5.91 Å². The second-order valence-corrected chi connectivity index (χ2v) is 9.33. The minimum absolute atomic E-state index is 0.0237. The largest absolute Gasteiger partial charge is 0.372 e. The lowest BCUT2D eigenvalue weighted by atomic mass is 9.90. The van der Waals surface area contributed by atoms with Crippen LogP contribution in [0.15, 0.2) is 35.8 Å². The van der Waals surface area contributed by atoms with Gasteiger partial charge in [-0.2, -0.15) is 0 Å². The van der Waals surface area contributed by atoms with Crippen LogP contribution in [0.4, 0.5) is 5.69 Å². The van der Waals surface area contributed by atoms with Crippen LogP contribution in [-0.4, -0.2) is 42.0 Å². The number of thiazole rings is 1. The number of amides is 1. The summed E-state index contributed by atoms with van der Waals surface area (Å²) in [5.41, 5.74) is 2.73. The predicted octanol–water partition coefficient (Wildman–Crippen LogP) is 4.22. The van der Waals surface area contributed by atoms with E-state index in [4.69, 9.17) is 0 Å². The number of likely N-dealkylation sites (tertiary alicyclic amines) is 1. The van der Waals surface area contributed by atoms with Crippen molar-refractivity contribution in [3.8, 4) is 0 Å². The summed E-state index contributed by atoms with van der Waals surface area (Å²) in [4.78, 5) is 21.3. The number of aromatic nitrogens is 1. The molecule has 6 heteroatoms. The number of benzene rings is 1. The Morgan fingerprint density at radius 2 is 1.97 bits per heavy atom. The minimum Gasteiger partial charge on any atom is -0.372 e. The molecule has 0 aliphatic carbocycles. The van der Waals surface area contributed by atoms with Gasteiger partial charge in [-0.05, 0) is 62.3 Å². The van der Waals surface area contributed by atoms with Crippen LogP contribution in [0.3, 0.4) is 0 Å². The van der Waals surface area contributed by atoms with Gasteiger partial charge in [0.05, 0.1) is 6.04 Å². The molecule has 2 aromatic rings. The summed E-state index contributed by atoms with van der Waals surface area (Å²) in [5.74, 6) is 0.432. The number of anilines is 1. The highest BCUT2D eigenvalue weighted by Crippen LogP contribution is 2.31. The first-order chi connectivity index (χ1) is 14.2. The zero-order chi connectivity index (χ0) is 20.1. The van der Waals surface area contributed by atoms with E-state index >= 15 is 0 Å². The molecule has 2 unspecified atom stereocenters. The zero-order valence-electron chi connectivity index (χ0n) is 17.3. The average Bonchev–Trinajstić information content (AvgIpc) is 3.28. The smallest absolute Gasteiger partial charge is 0.217 e. The topological polar surface area (TPSA) is 48.5 Å². The van der Waals surface area contributed by atoms with Crippen molar-refractivity contribution in [1.82, 2.24) is 15.2 Å². The molecule has 2 aliphatic rings. The standard InChI is InChI=1S/C23H32N4OS/c1-18(28)25-22(23-24-11-15-29-23)20-6-5-12-26(17-20)16-19-7-9-21(10-8-19)27-13-3-2-4-14-27/h7-11,15,20,22H,2-6,12-14,16-17H2,1H3,(H,25,28). The van der Waals surface area contributed by atoms with Gasteiger partial charge in [0, 0.05) is 50.4 Å². The fraction of sp³-hybridized carbons (Fsp3) is 0.565. The van der Waals surface area contributed by atoms with Gasteiger partial charge in [-0.3, -0.25) is 9.69 Å². The Morgan fingerprint density at radius 3 is 2.66 bits per heavy atom. The van der Waals surface area contributed by atoms with E-state index < -0.39 is 0 Å². The van der Waals surface area contributed by atoms with Crippen LogP contribution < -0.4 is 10.2 Å². The van der Waals surface area contributed by atoms with Gasteiger partial charge in [-0.1, -0.05) is 12.1 Å². The third-order valence-electron chi connectivity index (χ3n) is 6.15. The first-order valence-electron chi connectivity index (χ1n) is 10.9. The van der Waals surface area contributed by atoms with Crippen molar-refractivity contribution in [3.63, 3.8) is 0 Å². The second kappa shape index (κ2) is 9.72. The normalized spacial score (nSPS) is 21.7. The zero-order valence-corrected chi connectivity index (χ0v) is 18.2. The van der Waals surface area contributed by atoms with E-state index in [1.165, 1.54) is 43.6 Å². The number of nitrogens with zero attached hydrogens (tertiary/aromatic N) is 3. The lowest BCUT2D eigenvalue weighted by molar-refractivity contribution is -0.120. The average molecular weight is 413 g/mol. The molecule has 0 bridgehead atoms. The van der Waals surface area contributed by atoms with E-state index in [2.05, 4.69) is 44.4 Å². The van der Waals surface area contributed by atoms with Crippen LogP contribution in [-0.2, 0) is 11.3 Å². The Labute approximate surface area is 178 Å². The molecule has 0 radical (unpaired) electrons. The minimum atomic E-state index is 0.0237. The van der Waals surface area contributed by atoms with Gasteiger partial charge in [0.25, 0.3) is 0 Å². The number of carbonyl (C=O) groups excluding carboxylic acids is 1. The van der Waals surface area contributed by atoms with Gasteiger partial charge in [-0.15, -0.1) is 11.3 Å². The summed E-state index contributed by atoms with van der Waals surface area (Å²) in [6.07, 6.45) is 8.12. The van der Waals surface area contributed by atoms with E-state index in [1.807, 2.05) is 11.6 Å². The van der Waals surface area contributed by atoms with Crippen LogP contribution >= 0.6 is 11.3 Å². The fourth-order valence-electron chi connectivity index (χ4n) is 4.72. The van der Waals surface area contributed by atoms with Crippen molar-refractivity contribution in [2.24, 2.45) is 5.92 Å². The van der Waals surface area contributed by atoms with Crippen molar-refractivity contribution < 1.29 is 4.79 Å². The Hall–Kier alpha value is -1.92. The molecule has 1 aromatic heterocycles. The summed E-state index contributed by atoms with van der Waals surface area (Å²) in [7, 11) is 0. The van der Waals surface area contributed by atoms with E-state index in [9.17, 15) is 4.79 Å². The number of hydrogen-bond donors (Lipinski definition) is 1. The summed E-state index contributed by atoms with van der Waals surface area (Å²) in [6.45, 7) is 7.07. The molecule has 2 saturated heterocycles. The van der Waals surface area contributed by atoms with Gasteiger partial charge < -0.3 is 10.2 Å². The number of rotatable bonds is 6. The maximum atomic E-state index is 11.8. The van der Waals surface area contributed by atoms with Crippen molar-refractivity contribution in [2.45, 2.75) is 51.6 Å². The Morgan fingerprint density at radius 1 is 1.17 bits per heavy atom. The third-order valence-corrected chi connectivity index (χ3v) is 7.01. The number of carbonyl (C=O) groups is 1. The van der Waals surface area contributed by atoms with Crippen molar-refractivity contribution >= 4 is 22.9 Å². The number of hydrogen-bond acceptors (Lipinski definition) is 5. The molecular formula is C23H32N4OS. The van der Waals surface area contributed by atoms with Crippen LogP contribution in [0.1, 0.15) is 55.6 Å². The predicted molar refractivity (Wildman–Crippen MR) is 119 cm³/mol. The number of piperidine rings is 2.